The number of hydrogen-bond donors (Lipinski definition) is 1. The van der Waals surface area contributed by atoms with Crippen LogP contribution in [0.1, 0.15) is 5.56 Å². The van der Waals surface area contributed by atoms with E-state index < -0.39 is 0 Å². The molecule has 3 rings (SSSR count). The lowest BCUT2D eigenvalue weighted by atomic mass is 10.1. The molecule has 0 bridgehead atoms. The highest BCUT2D eigenvalue weighted by atomic mass is 79.9. The molecule has 0 fully saturated rings. The molecule has 0 atom stereocenters. The summed E-state index contributed by atoms with van der Waals surface area (Å²) < 4.78 is 2.71. The number of aryl methyl sites for hydroxylation is 1. The summed E-state index contributed by atoms with van der Waals surface area (Å²) in [6.07, 6.45) is 0. The van der Waals surface area contributed by atoms with Crippen LogP contribution in [0, 0.1) is 6.92 Å². The Morgan fingerprint density at radius 1 is 1.10 bits per heavy atom. The summed E-state index contributed by atoms with van der Waals surface area (Å²) >= 11 is 3.42. The lowest BCUT2D eigenvalue weighted by Gasteiger charge is -2.08. The molecule has 0 aliphatic heterocycles. The van der Waals surface area contributed by atoms with Gasteiger partial charge < -0.3 is 5.73 Å². The first-order chi connectivity index (χ1) is 9.65. The molecule has 0 saturated carbocycles. The van der Waals surface area contributed by atoms with E-state index in [4.69, 9.17) is 5.73 Å². The van der Waals surface area contributed by atoms with Gasteiger partial charge in [-0.2, -0.15) is 4.68 Å². The molecule has 2 aromatic carbocycles. The van der Waals surface area contributed by atoms with E-state index in [9.17, 15) is 0 Å². The normalized spacial score (nSPS) is 10.7. The Labute approximate surface area is 124 Å². The molecule has 100 valence electrons. The van der Waals surface area contributed by atoms with Crippen molar-refractivity contribution in [1.82, 2.24) is 20.2 Å². The van der Waals surface area contributed by atoms with Gasteiger partial charge in [-0.15, -0.1) is 5.10 Å². The van der Waals surface area contributed by atoms with Gasteiger partial charge >= 0.3 is 0 Å². The zero-order valence-electron chi connectivity index (χ0n) is 10.8. The van der Waals surface area contributed by atoms with E-state index in [0.717, 1.165) is 21.3 Å². The second kappa shape index (κ2) is 5.05. The lowest BCUT2D eigenvalue weighted by Crippen LogP contribution is -2.01. The number of halogens is 1. The molecule has 0 radical (unpaired) electrons. The molecule has 5 nitrogen and oxygen atoms in total. The third kappa shape index (κ3) is 2.30. The van der Waals surface area contributed by atoms with Gasteiger partial charge in [-0.05, 0) is 59.3 Å². The molecule has 0 amide bonds. The van der Waals surface area contributed by atoms with E-state index in [2.05, 4.69) is 31.5 Å². The molecule has 0 spiro atoms. The van der Waals surface area contributed by atoms with Crippen molar-refractivity contribution < 1.29 is 0 Å². The maximum atomic E-state index is 5.86. The maximum absolute atomic E-state index is 5.86. The monoisotopic (exact) mass is 329 g/mol. The SMILES string of the molecule is Cc1ccc(N)cc1-c1nnnn1-c1ccc(Br)cc1. The number of anilines is 1. The van der Waals surface area contributed by atoms with E-state index in [1.807, 2.05) is 49.4 Å². The van der Waals surface area contributed by atoms with E-state index in [1.165, 1.54) is 0 Å². The fraction of sp³-hybridized carbons (Fsp3) is 0.0714. The Hall–Kier alpha value is -2.21. The molecule has 0 aliphatic rings. The first-order valence-corrected chi connectivity index (χ1v) is 6.85. The van der Waals surface area contributed by atoms with Crippen molar-refractivity contribution in [2.24, 2.45) is 0 Å². The molecule has 1 aromatic heterocycles. The van der Waals surface area contributed by atoms with Crippen LogP contribution in [0.4, 0.5) is 5.69 Å². The number of aromatic nitrogens is 4. The number of tetrazole rings is 1. The van der Waals surface area contributed by atoms with Crippen molar-refractivity contribution in [3.05, 3.63) is 52.5 Å². The molecule has 0 unspecified atom stereocenters. The van der Waals surface area contributed by atoms with Gasteiger partial charge in [0.25, 0.3) is 0 Å². The lowest BCUT2D eigenvalue weighted by molar-refractivity contribution is 0.791. The Balaban J connectivity index is 2.15. The smallest absolute Gasteiger partial charge is 0.187 e. The summed E-state index contributed by atoms with van der Waals surface area (Å²) in [6.45, 7) is 2.01. The predicted octanol–water partition coefficient (Wildman–Crippen LogP) is 2.98. The third-order valence-electron chi connectivity index (χ3n) is 3.04. The number of benzene rings is 2. The Bertz CT molecular complexity index is 749. The van der Waals surface area contributed by atoms with Gasteiger partial charge in [0.15, 0.2) is 5.82 Å². The second-order valence-electron chi connectivity index (χ2n) is 4.47. The Morgan fingerprint density at radius 2 is 1.85 bits per heavy atom. The average molecular weight is 330 g/mol. The molecule has 3 aromatic rings. The average Bonchev–Trinajstić information content (AvgIpc) is 2.91. The van der Waals surface area contributed by atoms with Gasteiger partial charge in [0, 0.05) is 15.7 Å². The van der Waals surface area contributed by atoms with Crippen LogP contribution < -0.4 is 5.73 Å². The Morgan fingerprint density at radius 3 is 2.60 bits per heavy atom. The molecule has 1 heterocycles. The largest absolute Gasteiger partial charge is 0.399 e. The number of nitrogens with zero attached hydrogens (tertiary/aromatic N) is 4. The van der Waals surface area contributed by atoms with Gasteiger partial charge in [-0.1, -0.05) is 22.0 Å². The van der Waals surface area contributed by atoms with Crippen molar-refractivity contribution in [1.29, 1.82) is 0 Å². The fourth-order valence-corrected chi connectivity index (χ4v) is 2.26. The third-order valence-corrected chi connectivity index (χ3v) is 3.57. The van der Waals surface area contributed by atoms with Crippen molar-refractivity contribution in [3.8, 4) is 17.1 Å². The molecule has 0 saturated heterocycles. The highest BCUT2D eigenvalue weighted by Crippen LogP contribution is 2.25. The van der Waals surface area contributed by atoms with Crippen LogP contribution in [0.15, 0.2) is 46.9 Å². The van der Waals surface area contributed by atoms with Crippen LogP contribution in [0.2, 0.25) is 0 Å². The van der Waals surface area contributed by atoms with Gasteiger partial charge in [-0.3, -0.25) is 0 Å². The second-order valence-corrected chi connectivity index (χ2v) is 5.38. The van der Waals surface area contributed by atoms with Crippen molar-refractivity contribution in [2.75, 3.05) is 5.73 Å². The molecule has 0 aliphatic carbocycles. The zero-order valence-corrected chi connectivity index (χ0v) is 12.4. The summed E-state index contributed by atoms with van der Waals surface area (Å²) in [4.78, 5) is 0. The van der Waals surface area contributed by atoms with Crippen LogP contribution in [-0.2, 0) is 0 Å². The quantitative estimate of drug-likeness (QED) is 0.734. The highest BCUT2D eigenvalue weighted by Gasteiger charge is 2.13. The van der Waals surface area contributed by atoms with E-state index in [1.54, 1.807) is 4.68 Å². The van der Waals surface area contributed by atoms with Crippen LogP contribution in [0.25, 0.3) is 17.1 Å². The van der Waals surface area contributed by atoms with Gasteiger partial charge in [0.1, 0.15) is 0 Å². The summed E-state index contributed by atoms with van der Waals surface area (Å²) in [5.41, 5.74) is 9.45. The molecule has 20 heavy (non-hydrogen) atoms. The van der Waals surface area contributed by atoms with Crippen LogP contribution in [0.5, 0.6) is 0 Å². The van der Waals surface area contributed by atoms with E-state index in [0.29, 0.717) is 11.5 Å². The van der Waals surface area contributed by atoms with Crippen LogP contribution in [-0.4, -0.2) is 20.2 Å². The standard InChI is InChI=1S/C14H12BrN5/c1-9-2-5-11(16)8-13(9)14-17-18-19-20(14)12-6-3-10(15)4-7-12/h2-8H,16H2,1H3. The van der Waals surface area contributed by atoms with E-state index >= 15 is 0 Å². The molecule has 2 N–H and O–H groups in total. The van der Waals surface area contributed by atoms with E-state index in [-0.39, 0.29) is 0 Å². The summed E-state index contributed by atoms with van der Waals surface area (Å²) in [7, 11) is 0. The van der Waals surface area contributed by atoms with Gasteiger partial charge in [0.05, 0.1) is 5.69 Å². The molecule has 6 heteroatoms. The first kappa shape index (κ1) is 12.8. The summed E-state index contributed by atoms with van der Waals surface area (Å²) in [5, 5.41) is 12.0. The molecular formula is C14H12BrN5. The maximum Gasteiger partial charge on any atom is 0.187 e. The molecular weight excluding hydrogens is 318 g/mol. The Kier molecular flexibility index (Phi) is 3.23. The predicted molar refractivity (Wildman–Crippen MR) is 81.4 cm³/mol. The van der Waals surface area contributed by atoms with Crippen molar-refractivity contribution in [2.45, 2.75) is 6.92 Å². The van der Waals surface area contributed by atoms with Gasteiger partial charge in [0.2, 0.25) is 0 Å². The van der Waals surface area contributed by atoms with Crippen molar-refractivity contribution in [3.63, 3.8) is 0 Å². The zero-order chi connectivity index (χ0) is 14.1. The number of nitrogens with two attached hydrogens (primary N) is 1. The minimum absolute atomic E-state index is 0.678. The van der Waals surface area contributed by atoms with Crippen molar-refractivity contribution >= 4 is 21.6 Å². The van der Waals surface area contributed by atoms with Crippen LogP contribution in [0.3, 0.4) is 0 Å². The minimum atomic E-state index is 0.678. The topological polar surface area (TPSA) is 69.6 Å². The number of hydrogen-bond acceptors (Lipinski definition) is 4. The summed E-state index contributed by atoms with van der Waals surface area (Å²) in [5.74, 6) is 0.678. The first-order valence-electron chi connectivity index (χ1n) is 6.06. The summed E-state index contributed by atoms with van der Waals surface area (Å²) in [6, 6.07) is 13.5. The highest BCUT2D eigenvalue weighted by molar-refractivity contribution is 9.10. The minimum Gasteiger partial charge on any atom is -0.399 e. The fourth-order valence-electron chi connectivity index (χ4n) is 1.99. The number of nitrogen functional groups attached to an aromatic ring is 1. The van der Waals surface area contributed by atoms with Crippen LogP contribution >= 0.6 is 15.9 Å². The van der Waals surface area contributed by atoms with Gasteiger partial charge in [-0.25, -0.2) is 0 Å². The number of rotatable bonds is 2.